The summed E-state index contributed by atoms with van der Waals surface area (Å²) in [6.45, 7) is 9.36. The number of likely N-dealkylation sites (tertiary alicyclic amines) is 1. The highest BCUT2D eigenvalue weighted by atomic mass is 16.5. The van der Waals surface area contributed by atoms with E-state index in [1.54, 1.807) is 25.9 Å². The Hall–Kier alpha value is -2.49. The van der Waals surface area contributed by atoms with Gasteiger partial charge in [-0.05, 0) is 74.8 Å². The van der Waals surface area contributed by atoms with Crippen molar-refractivity contribution in [1.29, 1.82) is 0 Å². The number of ether oxygens (including phenoxy) is 2. The highest BCUT2D eigenvalue weighted by molar-refractivity contribution is 6.10. The van der Waals surface area contributed by atoms with Crippen molar-refractivity contribution in [2.45, 2.75) is 65.4 Å². The van der Waals surface area contributed by atoms with Crippen LogP contribution in [0.25, 0.3) is 0 Å². The van der Waals surface area contributed by atoms with Crippen molar-refractivity contribution >= 4 is 17.5 Å². The summed E-state index contributed by atoms with van der Waals surface area (Å²) >= 11 is 0. The number of carbonyl (C=O) groups is 3. The van der Waals surface area contributed by atoms with Gasteiger partial charge in [-0.3, -0.25) is 14.4 Å². The molecule has 1 aliphatic carbocycles. The highest BCUT2D eigenvalue weighted by Gasteiger charge is 2.48. The number of hydrogen-bond acceptors (Lipinski definition) is 5. The van der Waals surface area contributed by atoms with E-state index in [0.29, 0.717) is 52.0 Å². The van der Waals surface area contributed by atoms with E-state index < -0.39 is 12.0 Å². The molecule has 1 aliphatic heterocycles. The molecule has 33 heavy (non-hydrogen) atoms. The molecule has 2 fully saturated rings. The Kier molecular flexibility index (Phi) is 8.10. The zero-order chi connectivity index (χ0) is 24.2. The van der Waals surface area contributed by atoms with Gasteiger partial charge in [-0.15, -0.1) is 5.92 Å². The minimum Gasteiger partial charge on any atom is -0.382 e. The summed E-state index contributed by atoms with van der Waals surface area (Å²) in [5.74, 6) is 5.23. The Labute approximate surface area is 197 Å². The van der Waals surface area contributed by atoms with Crippen molar-refractivity contribution in [2.75, 3.05) is 33.4 Å². The number of ketones is 2. The van der Waals surface area contributed by atoms with E-state index in [4.69, 9.17) is 9.47 Å². The maximum atomic E-state index is 13.3. The molecule has 0 radical (unpaired) electrons. The molecule has 1 unspecified atom stereocenters. The van der Waals surface area contributed by atoms with Crippen molar-refractivity contribution in [3.63, 3.8) is 0 Å². The maximum Gasteiger partial charge on any atom is 0.251 e. The topological polar surface area (TPSA) is 72.9 Å². The lowest BCUT2D eigenvalue weighted by atomic mass is 9.62. The molecule has 6 heteroatoms. The number of piperidine rings is 1. The Morgan fingerprint density at radius 2 is 1.70 bits per heavy atom. The van der Waals surface area contributed by atoms with Crippen molar-refractivity contribution < 1.29 is 23.9 Å². The summed E-state index contributed by atoms with van der Waals surface area (Å²) in [5, 5.41) is 0. The molecule has 1 atom stereocenters. The van der Waals surface area contributed by atoms with Crippen molar-refractivity contribution in [3.8, 4) is 11.8 Å². The SMILES string of the molecule is CC#Cc1cc(C)c(C2C(=O)CC3(CCN(C(=O)C(C)OCCOC)CC3)CC2=O)c(C)c1. The summed E-state index contributed by atoms with van der Waals surface area (Å²) in [7, 11) is 1.59. The Morgan fingerprint density at radius 1 is 1.12 bits per heavy atom. The van der Waals surface area contributed by atoms with Crippen LogP contribution in [0.1, 0.15) is 67.7 Å². The second-order valence-corrected chi connectivity index (χ2v) is 9.45. The van der Waals surface area contributed by atoms with Crippen LogP contribution < -0.4 is 0 Å². The van der Waals surface area contributed by atoms with Gasteiger partial charge >= 0.3 is 0 Å². The fraction of sp³-hybridized carbons (Fsp3) is 0.593. The lowest BCUT2D eigenvalue weighted by Gasteiger charge is -2.45. The van der Waals surface area contributed by atoms with Gasteiger partial charge in [-0.2, -0.15) is 0 Å². The molecule has 1 aromatic rings. The molecule has 3 rings (SSSR count). The molecule has 0 N–H and O–H groups in total. The quantitative estimate of drug-likeness (QED) is 0.375. The molecule has 1 aromatic carbocycles. The summed E-state index contributed by atoms with van der Waals surface area (Å²) in [5.41, 5.74) is 3.30. The van der Waals surface area contributed by atoms with Gasteiger partial charge in [-0.25, -0.2) is 0 Å². The number of aryl methyl sites for hydroxylation is 2. The van der Waals surface area contributed by atoms with Crippen LogP contribution in [0.5, 0.6) is 0 Å². The smallest absolute Gasteiger partial charge is 0.251 e. The third kappa shape index (κ3) is 5.54. The van der Waals surface area contributed by atoms with Gasteiger partial charge in [0.15, 0.2) is 0 Å². The first-order valence-electron chi connectivity index (χ1n) is 11.7. The molecule has 0 aromatic heterocycles. The van der Waals surface area contributed by atoms with Gasteiger partial charge in [0.2, 0.25) is 0 Å². The van der Waals surface area contributed by atoms with Gasteiger partial charge in [0.25, 0.3) is 5.91 Å². The number of methoxy groups -OCH3 is 1. The van der Waals surface area contributed by atoms with Gasteiger partial charge in [0.1, 0.15) is 23.6 Å². The van der Waals surface area contributed by atoms with Crippen LogP contribution in [0.3, 0.4) is 0 Å². The number of benzene rings is 1. The molecular weight excluding hydrogens is 418 g/mol. The van der Waals surface area contributed by atoms with Crippen LogP contribution in [-0.4, -0.2) is 61.9 Å². The van der Waals surface area contributed by atoms with E-state index in [0.717, 1.165) is 22.3 Å². The second kappa shape index (κ2) is 10.6. The third-order valence-electron chi connectivity index (χ3n) is 7.03. The predicted octanol–water partition coefficient (Wildman–Crippen LogP) is 3.35. The zero-order valence-corrected chi connectivity index (χ0v) is 20.5. The molecule has 1 spiro atoms. The molecule has 178 valence electrons. The summed E-state index contributed by atoms with van der Waals surface area (Å²) < 4.78 is 10.5. The summed E-state index contributed by atoms with van der Waals surface area (Å²) in [6, 6.07) is 3.92. The minimum atomic E-state index is -0.687. The molecule has 1 saturated carbocycles. The average Bonchev–Trinajstić information content (AvgIpc) is 2.75. The first kappa shape index (κ1) is 25.1. The number of nitrogens with zero attached hydrogens (tertiary/aromatic N) is 1. The minimum absolute atomic E-state index is 0.00261. The van der Waals surface area contributed by atoms with Crippen molar-refractivity contribution in [1.82, 2.24) is 4.90 Å². The van der Waals surface area contributed by atoms with Crippen LogP contribution in [0, 0.1) is 31.1 Å². The average molecular weight is 454 g/mol. The van der Waals surface area contributed by atoms with E-state index in [-0.39, 0.29) is 22.9 Å². The Bertz CT molecular complexity index is 935. The van der Waals surface area contributed by atoms with Crippen LogP contribution in [0.2, 0.25) is 0 Å². The molecule has 6 nitrogen and oxygen atoms in total. The monoisotopic (exact) mass is 453 g/mol. The van der Waals surface area contributed by atoms with Crippen LogP contribution in [-0.2, 0) is 23.9 Å². The molecule has 2 aliphatic rings. The second-order valence-electron chi connectivity index (χ2n) is 9.45. The number of carbonyl (C=O) groups excluding carboxylic acids is 3. The van der Waals surface area contributed by atoms with Crippen molar-refractivity contribution in [2.24, 2.45) is 5.41 Å². The largest absolute Gasteiger partial charge is 0.382 e. The van der Waals surface area contributed by atoms with Crippen LogP contribution in [0.15, 0.2) is 12.1 Å². The first-order chi connectivity index (χ1) is 15.7. The lowest BCUT2D eigenvalue weighted by Crippen LogP contribution is -2.50. The number of Topliss-reactive ketones (excluding diaryl/α,β-unsaturated/α-hetero) is 2. The summed E-state index contributed by atoms with van der Waals surface area (Å²) in [4.78, 5) is 41.1. The van der Waals surface area contributed by atoms with E-state index in [1.807, 2.05) is 26.0 Å². The molecule has 1 heterocycles. The number of rotatable bonds is 6. The van der Waals surface area contributed by atoms with Crippen molar-refractivity contribution in [3.05, 3.63) is 34.4 Å². The third-order valence-corrected chi connectivity index (χ3v) is 7.03. The van der Waals surface area contributed by atoms with Gasteiger partial charge in [0.05, 0.1) is 13.2 Å². The highest BCUT2D eigenvalue weighted by Crippen LogP contribution is 2.46. The number of amides is 1. The zero-order valence-electron chi connectivity index (χ0n) is 20.5. The van der Waals surface area contributed by atoms with E-state index in [9.17, 15) is 14.4 Å². The molecular formula is C27H35NO5. The predicted molar refractivity (Wildman–Crippen MR) is 126 cm³/mol. The Morgan fingerprint density at radius 3 is 2.21 bits per heavy atom. The standard InChI is InChI=1S/C27H35NO5/c1-6-7-21-14-18(2)24(19(3)15-21)25-22(29)16-27(17-23(25)30)8-10-28(11-9-27)26(31)20(4)33-13-12-32-5/h14-15,20,25H,8-13,16-17H2,1-5H3. The molecule has 1 saturated heterocycles. The van der Waals surface area contributed by atoms with Gasteiger partial charge in [-0.1, -0.05) is 5.92 Å². The lowest BCUT2D eigenvalue weighted by molar-refractivity contribution is -0.147. The summed E-state index contributed by atoms with van der Waals surface area (Å²) in [6.07, 6.45) is 1.58. The van der Waals surface area contributed by atoms with E-state index in [2.05, 4.69) is 11.8 Å². The number of hydrogen-bond donors (Lipinski definition) is 0. The van der Waals surface area contributed by atoms with Gasteiger partial charge in [0, 0.05) is 38.6 Å². The van der Waals surface area contributed by atoms with Gasteiger partial charge < -0.3 is 14.4 Å². The maximum absolute atomic E-state index is 13.3. The molecule has 0 bridgehead atoms. The molecule has 1 amide bonds. The normalized spacial score (nSPS) is 19.4. The Balaban J connectivity index is 1.68. The van der Waals surface area contributed by atoms with E-state index >= 15 is 0 Å². The van der Waals surface area contributed by atoms with Crippen LogP contribution >= 0.6 is 0 Å². The fourth-order valence-corrected chi connectivity index (χ4v) is 5.35. The van der Waals surface area contributed by atoms with Crippen LogP contribution in [0.4, 0.5) is 0 Å². The van der Waals surface area contributed by atoms with E-state index in [1.165, 1.54) is 0 Å². The fourth-order valence-electron chi connectivity index (χ4n) is 5.35. The first-order valence-corrected chi connectivity index (χ1v) is 11.7.